The molecule has 0 bridgehead atoms. The first-order valence-electron chi connectivity index (χ1n) is 9.06. The third-order valence-electron chi connectivity index (χ3n) is 6.57. The van der Waals surface area contributed by atoms with Crippen molar-refractivity contribution in [1.29, 1.82) is 0 Å². The van der Waals surface area contributed by atoms with Gasteiger partial charge < -0.3 is 0 Å². The summed E-state index contributed by atoms with van der Waals surface area (Å²) >= 11 is 0. The predicted molar refractivity (Wildman–Crippen MR) is 103 cm³/mol. The van der Waals surface area contributed by atoms with Crippen LogP contribution in [0.4, 0.5) is 0 Å². The fourth-order valence-electron chi connectivity index (χ4n) is 5.55. The second-order valence-electron chi connectivity index (χ2n) is 7.60. The lowest BCUT2D eigenvalue weighted by Gasteiger charge is -2.27. The molecule has 0 atom stereocenters. The Morgan fingerprint density at radius 1 is 0.417 bits per heavy atom. The summed E-state index contributed by atoms with van der Waals surface area (Å²) in [6.07, 6.45) is 4.94. The van der Waals surface area contributed by atoms with E-state index in [0.717, 1.165) is 0 Å². The summed E-state index contributed by atoms with van der Waals surface area (Å²) in [5, 5.41) is 13.5. The maximum Gasteiger partial charge on any atom is -0.00141 e. The maximum absolute atomic E-state index is 2.38. The lowest BCUT2D eigenvalue weighted by atomic mass is 9.77. The van der Waals surface area contributed by atoms with Crippen molar-refractivity contribution in [2.75, 3.05) is 0 Å². The Balaban J connectivity index is 2.05. The zero-order valence-electron chi connectivity index (χ0n) is 13.4. The van der Waals surface area contributed by atoms with E-state index in [1.165, 1.54) is 58.0 Å². The predicted octanol–water partition coefficient (Wildman–Crippen LogP) is 5.50. The van der Waals surface area contributed by atoms with Crippen LogP contribution < -0.4 is 5.22 Å². The summed E-state index contributed by atoms with van der Waals surface area (Å²) in [5.74, 6) is 0. The molecule has 0 heterocycles. The first kappa shape index (κ1) is 11.9. The highest BCUT2D eigenvalue weighted by molar-refractivity contribution is 6.32. The second-order valence-corrected chi connectivity index (χ2v) is 7.60. The van der Waals surface area contributed by atoms with Gasteiger partial charge in [-0.15, -0.1) is 0 Å². The highest BCUT2D eigenvalue weighted by Gasteiger charge is 2.24. The molecule has 0 aromatic heterocycles. The van der Waals surface area contributed by atoms with Crippen LogP contribution in [0, 0.1) is 0 Å². The minimum atomic E-state index is 1.22. The van der Waals surface area contributed by atoms with Crippen molar-refractivity contribution >= 4 is 48.7 Å². The van der Waals surface area contributed by atoms with Crippen LogP contribution in [0.3, 0.4) is 0 Å². The molecule has 0 spiro atoms. The van der Waals surface area contributed by atoms with Crippen molar-refractivity contribution in [3.05, 3.63) is 64.9 Å². The van der Waals surface area contributed by atoms with E-state index in [1.54, 1.807) is 32.7 Å². The van der Waals surface area contributed by atoms with Crippen LogP contribution in [-0.4, -0.2) is 0 Å². The number of benzene rings is 5. The third-order valence-corrected chi connectivity index (χ3v) is 6.57. The average Bonchev–Trinajstić information content (AvgIpc) is 2.65. The molecule has 24 heavy (non-hydrogen) atoms. The van der Waals surface area contributed by atoms with Gasteiger partial charge in [-0.3, -0.25) is 0 Å². The van der Waals surface area contributed by atoms with Gasteiger partial charge in [0.25, 0.3) is 0 Å². The van der Waals surface area contributed by atoms with E-state index in [4.69, 9.17) is 0 Å². The molecule has 0 heteroatoms. The summed E-state index contributed by atoms with van der Waals surface area (Å²) in [5.41, 5.74) is 4.84. The van der Waals surface area contributed by atoms with E-state index in [2.05, 4.69) is 48.5 Å². The van der Waals surface area contributed by atoms with Crippen LogP contribution in [-0.2, 0) is 12.8 Å². The molecule has 0 amide bonds. The van der Waals surface area contributed by atoms with Gasteiger partial charge in [-0.25, -0.2) is 0 Å². The van der Waals surface area contributed by atoms with Gasteiger partial charge in [-0.2, -0.15) is 0 Å². The lowest BCUT2D eigenvalue weighted by Crippen LogP contribution is -2.21. The van der Waals surface area contributed by atoms with E-state index in [1.807, 2.05) is 0 Å². The number of hydrogen-bond donors (Lipinski definition) is 0. The van der Waals surface area contributed by atoms with E-state index in [9.17, 15) is 0 Å². The summed E-state index contributed by atoms with van der Waals surface area (Å²) in [6, 6.07) is 18.7. The minimum Gasteiger partial charge on any atom is -0.0610 e. The van der Waals surface area contributed by atoms with Crippen LogP contribution in [0.2, 0.25) is 0 Å². The second kappa shape index (κ2) is 3.72. The molecule has 0 saturated carbocycles. The highest BCUT2D eigenvalue weighted by Crippen LogP contribution is 2.43. The standard InChI is InChI=1S/C24H16/c1-2-14-5-6-16-9-11-18-12-10-17-8-7-15-4-3-13(1)19-20(14)22(16)24(18)23(17)21(15)19/h1-8H,9-12H2. The average molecular weight is 304 g/mol. The molecule has 2 aliphatic rings. The van der Waals surface area contributed by atoms with Crippen LogP contribution in [0.5, 0.6) is 0 Å². The molecule has 0 aliphatic heterocycles. The van der Waals surface area contributed by atoms with E-state index < -0.39 is 0 Å². The minimum absolute atomic E-state index is 1.22. The molecular weight excluding hydrogens is 288 g/mol. The van der Waals surface area contributed by atoms with Gasteiger partial charge in [0.15, 0.2) is 0 Å². The Morgan fingerprint density at radius 3 is 1.33 bits per heavy atom. The van der Waals surface area contributed by atoms with Gasteiger partial charge in [-0.1, -0.05) is 54.1 Å². The largest absolute Gasteiger partial charge is 0.0610 e. The van der Waals surface area contributed by atoms with Crippen molar-refractivity contribution in [2.24, 2.45) is 0 Å². The molecule has 0 radical (unpaired) electrons. The zero-order chi connectivity index (χ0) is 15.4. The maximum atomic E-state index is 2.38. The molecule has 5 aromatic rings. The molecule has 0 fully saturated rings. The highest BCUT2D eigenvalue weighted by atomic mass is 14.3. The van der Waals surface area contributed by atoms with E-state index in [0.29, 0.717) is 0 Å². The summed E-state index contributed by atoms with van der Waals surface area (Å²) < 4.78 is 0. The molecule has 5 aromatic carbocycles. The monoisotopic (exact) mass is 304 g/mol. The van der Waals surface area contributed by atoms with Crippen LogP contribution in [0.25, 0.3) is 48.7 Å². The van der Waals surface area contributed by atoms with Crippen molar-refractivity contribution in [3.8, 4) is 0 Å². The van der Waals surface area contributed by atoms with Crippen LogP contribution in [0.1, 0.15) is 24.0 Å². The Labute approximate surface area is 139 Å². The Kier molecular flexibility index (Phi) is 1.84. The van der Waals surface area contributed by atoms with Gasteiger partial charge >= 0.3 is 0 Å². The molecular formula is C24H16. The molecule has 0 saturated heterocycles. The fraction of sp³-hybridized carbons (Fsp3) is 0.167. The molecule has 0 nitrogen and oxygen atoms in total. The number of hydrogen-bond acceptors (Lipinski definition) is 0. The molecule has 7 rings (SSSR count). The summed E-state index contributed by atoms with van der Waals surface area (Å²) in [7, 11) is 0. The molecule has 0 unspecified atom stereocenters. The Hall–Kier alpha value is -2.60. The van der Waals surface area contributed by atoms with Crippen molar-refractivity contribution in [2.45, 2.75) is 25.7 Å². The van der Waals surface area contributed by atoms with Crippen LogP contribution >= 0.6 is 0 Å². The van der Waals surface area contributed by atoms with Gasteiger partial charge in [0.05, 0.1) is 0 Å². The number of rotatable bonds is 0. The third kappa shape index (κ3) is 1.16. The molecule has 2 aliphatic carbocycles. The van der Waals surface area contributed by atoms with Gasteiger partial charge in [0, 0.05) is 0 Å². The fourth-order valence-corrected chi connectivity index (χ4v) is 5.55. The first-order chi connectivity index (χ1) is 11.9. The van der Waals surface area contributed by atoms with E-state index in [-0.39, 0.29) is 0 Å². The van der Waals surface area contributed by atoms with Gasteiger partial charge in [0.1, 0.15) is 0 Å². The lowest BCUT2D eigenvalue weighted by molar-refractivity contribution is 0.902. The SMILES string of the molecule is c1cc2ccc3ccc4ccc5c6c7c(c1CCC=7CC5)c2c3c46. The Bertz CT molecular complexity index is 1280. The van der Waals surface area contributed by atoms with Gasteiger partial charge in [-0.05, 0) is 85.1 Å². The normalized spacial score (nSPS) is 16.4. The summed E-state index contributed by atoms with van der Waals surface area (Å²) in [6.45, 7) is 0. The van der Waals surface area contributed by atoms with Crippen molar-refractivity contribution in [1.82, 2.24) is 0 Å². The Morgan fingerprint density at radius 2 is 0.833 bits per heavy atom. The quantitative estimate of drug-likeness (QED) is 0.262. The van der Waals surface area contributed by atoms with E-state index >= 15 is 0 Å². The zero-order valence-corrected chi connectivity index (χ0v) is 13.4. The number of aryl methyl sites for hydroxylation is 2. The van der Waals surface area contributed by atoms with Crippen LogP contribution in [0.15, 0.2) is 48.5 Å². The van der Waals surface area contributed by atoms with Gasteiger partial charge in [0.2, 0.25) is 0 Å². The molecule has 112 valence electrons. The first-order valence-corrected chi connectivity index (χ1v) is 9.06. The molecule has 0 N–H and O–H groups in total. The summed E-state index contributed by atoms with van der Waals surface area (Å²) in [4.78, 5) is 0. The van der Waals surface area contributed by atoms with Crippen molar-refractivity contribution in [3.63, 3.8) is 0 Å². The smallest absolute Gasteiger partial charge is 0.00141 e. The van der Waals surface area contributed by atoms with Crippen molar-refractivity contribution < 1.29 is 0 Å². The topological polar surface area (TPSA) is 0 Å².